The summed E-state index contributed by atoms with van der Waals surface area (Å²) in [4.78, 5) is 31.1. The van der Waals surface area contributed by atoms with Crippen molar-refractivity contribution < 1.29 is 9.59 Å². The van der Waals surface area contributed by atoms with Crippen molar-refractivity contribution in [1.29, 1.82) is 0 Å². The molecule has 0 spiro atoms. The molecule has 0 saturated carbocycles. The largest absolute Gasteiger partial charge is 0.357 e. The first-order chi connectivity index (χ1) is 13.8. The van der Waals surface area contributed by atoms with Gasteiger partial charge in [0.15, 0.2) is 0 Å². The van der Waals surface area contributed by atoms with Gasteiger partial charge >= 0.3 is 0 Å². The van der Waals surface area contributed by atoms with Gasteiger partial charge < -0.3 is 15.5 Å². The Hall–Kier alpha value is -2.89. The Balaban J connectivity index is 1.46. The van der Waals surface area contributed by atoms with Crippen LogP contribution in [0.5, 0.6) is 0 Å². The minimum absolute atomic E-state index is 0.0382. The fourth-order valence-corrected chi connectivity index (χ4v) is 3.34. The lowest BCUT2D eigenvalue weighted by Gasteiger charge is -2.19. The van der Waals surface area contributed by atoms with Crippen molar-refractivity contribution >= 4 is 17.6 Å². The van der Waals surface area contributed by atoms with E-state index in [1.165, 1.54) is 12.8 Å². The van der Waals surface area contributed by atoms with Crippen LogP contribution in [0.25, 0.3) is 0 Å². The average molecular weight is 395 g/mol. The molecule has 0 atom stereocenters. The maximum atomic E-state index is 12.3. The topological polar surface area (TPSA) is 74.3 Å². The number of carbonyl (C=O) groups is 2. The van der Waals surface area contributed by atoms with E-state index in [0.717, 1.165) is 30.0 Å². The van der Waals surface area contributed by atoms with Gasteiger partial charge in [-0.15, -0.1) is 0 Å². The van der Waals surface area contributed by atoms with Gasteiger partial charge in [0.1, 0.15) is 5.82 Å². The van der Waals surface area contributed by atoms with Crippen LogP contribution >= 0.6 is 0 Å². The number of nitrogens with zero attached hydrogens (tertiary/aromatic N) is 2. The molecule has 2 aromatic rings. The lowest BCUT2D eigenvalue weighted by atomic mass is 9.87. The van der Waals surface area contributed by atoms with E-state index in [1.54, 1.807) is 18.3 Å². The third kappa shape index (κ3) is 5.79. The monoisotopic (exact) mass is 394 g/mol. The maximum absolute atomic E-state index is 12.3. The van der Waals surface area contributed by atoms with Crippen molar-refractivity contribution in [3.05, 3.63) is 59.3 Å². The second kappa shape index (κ2) is 9.07. The maximum Gasteiger partial charge on any atom is 0.251 e. The number of anilines is 1. The molecule has 0 aliphatic carbocycles. The Morgan fingerprint density at radius 2 is 1.72 bits per heavy atom. The summed E-state index contributed by atoms with van der Waals surface area (Å²) >= 11 is 0. The highest BCUT2D eigenvalue weighted by Crippen LogP contribution is 2.22. The summed E-state index contributed by atoms with van der Waals surface area (Å²) in [6, 6.07) is 11.4. The van der Waals surface area contributed by atoms with Gasteiger partial charge in [-0.3, -0.25) is 9.59 Å². The van der Waals surface area contributed by atoms with Crippen LogP contribution in [-0.4, -0.2) is 36.4 Å². The Morgan fingerprint density at radius 1 is 1.03 bits per heavy atom. The summed E-state index contributed by atoms with van der Waals surface area (Å²) in [5, 5.41) is 5.53. The van der Waals surface area contributed by atoms with Gasteiger partial charge in [0.25, 0.3) is 5.91 Å². The summed E-state index contributed by atoms with van der Waals surface area (Å²) in [5.74, 6) is 0.492. The zero-order valence-electron chi connectivity index (χ0n) is 17.5. The van der Waals surface area contributed by atoms with E-state index in [-0.39, 0.29) is 23.8 Å². The molecule has 1 aromatic heterocycles. The molecule has 2 amide bonds. The van der Waals surface area contributed by atoms with Gasteiger partial charge in [0.2, 0.25) is 5.91 Å². The fraction of sp³-hybridized carbons (Fsp3) is 0.435. The molecular formula is C23H30N4O2. The van der Waals surface area contributed by atoms with E-state index in [9.17, 15) is 9.59 Å². The summed E-state index contributed by atoms with van der Waals surface area (Å²) in [6.07, 6.45) is 4.17. The number of nitrogens with one attached hydrogen (secondary N) is 2. The van der Waals surface area contributed by atoms with Crippen molar-refractivity contribution in [3.63, 3.8) is 0 Å². The van der Waals surface area contributed by atoms with Crippen LogP contribution in [0.2, 0.25) is 0 Å². The van der Waals surface area contributed by atoms with Crippen LogP contribution in [0, 0.1) is 0 Å². The van der Waals surface area contributed by atoms with Crippen LogP contribution in [0.3, 0.4) is 0 Å². The SMILES string of the molecule is CC(C)(C)c1ccc(C(=O)NCC(=O)NCc2ccnc(N3CCCC3)c2)cc1. The van der Waals surface area contributed by atoms with Crippen molar-refractivity contribution in [2.45, 2.75) is 45.6 Å². The molecule has 29 heavy (non-hydrogen) atoms. The summed E-state index contributed by atoms with van der Waals surface area (Å²) in [7, 11) is 0. The number of aromatic nitrogens is 1. The molecule has 0 unspecified atom stereocenters. The first-order valence-electron chi connectivity index (χ1n) is 10.2. The molecule has 2 N–H and O–H groups in total. The highest BCUT2D eigenvalue weighted by molar-refractivity contribution is 5.96. The van der Waals surface area contributed by atoms with Crippen LogP contribution in [0.15, 0.2) is 42.6 Å². The minimum Gasteiger partial charge on any atom is -0.357 e. The Bertz CT molecular complexity index is 850. The number of hydrogen-bond acceptors (Lipinski definition) is 4. The van der Waals surface area contributed by atoms with Crippen molar-refractivity contribution in [1.82, 2.24) is 15.6 Å². The Kier molecular flexibility index (Phi) is 6.52. The van der Waals surface area contributed by atoms with E-state index < -0.39 is 0 Å². The third-order valence-electron chi connectivity index (χ3n) is 5.15. The molecule has 6 nitrogen and oxygen atoms in total. The fourth-order valence-electron chi connectivity index (χ4n) is 3.34. The molecule has 1 aliphatic heterocycles. The lowest BCUT2D eigenvalue weighted by molar-refractivity contribution is -0.120. The first-order valence-corrected chi connectivity index (χ1v) is 10.2. The van der Waals surface area contributed by atoms with E-state index in [2.05, 4.69) is 41.3 Å². The van der Waals surface area contributed by atoms with Gasteiger partial charge in [0, 0.05) is 31.4 Å². The minimum atomic E-state index is -0.249. The van der Waals surface area contributed by atoms with Crippen LogP contribution < -0.4 is 15.5 Å². The van der Waals surface area contributed by atoms with Crippen LogP contribution in [0.4, 0.5) is 5.82 Å². The van der Waals surface area contributed by atoms with E-state index in [0.29, 0.717) is 12.1 Å². The molecule has 1 fully saturated rings. The number of amides is 2. The molecule has 2 heterocycles. The summed E-state index contributed by atoms with van der Waals surface area (Å²) in [5.41, 5.74) is 2.75. The van der Waals surface area contributed by atoms with Gasteiger partial charge in [-0.2, -0.15) is 0 Å². The van der Waals surface area contributed by atoms with Crippen molar-refractivity contribution in [2.75, 3.05) is 24.5 Å². The molecule has 1 aromatic carbocycles. The zero-order chi connectivity index (χ0) is 20.9. The standard InChI is InChI=1S/C23H30N4O2/c1-23(2,3)19-8-6-18(7-9-19)22(29)26-16-21(28)25-15-17-10-11-24-20(14-17)27-12-4-5-13-27/h6-11,14H,4-5,12-13,15-16H2,1-3H3,(H,25,28)(H,26,29). The zero-order valence-corrected chi connectivity index (χ0v) is 17.5. The normalized spacial score (nSPS) is 14.0. The molecule has 1 saturated heterocycles. The van der Waals surface area contributed by atoms with Crippen LogP contribution in [0.1, 0.15) is 55.1 Å². The Morgan fingerprint density at radius 3 is 2.38 bits per heavy atom. The van der Waals surface area contributed by atoms with Gasteiger partial charge in [-0.1, -0.05) is 32.9 Å². The van der Waals surface area contributed by atoms with Crippen molar-refractivity contribution in [2.24, 2.45) is 0 Å². The number of pyridine rings is 1. The molecule has 1 aliphatic rings. The molecule has 6 heteroatoms. The number of carbonyl (C=O) groups excluding carboxylic acids is 2. The quantitative estimate of drug-likeness (QED) is 0.790. The summed E-state index contributed by atoms with van der Waals surface area (Å²) in [6.45, 7) is 8.81. The average Bonchev–Trinajstić information content (AvgIpc) is 3.25. The van der Waals surface area contributed by atoms with E-state index >= 15 is 0 Å². The Labute approximate surface area is 172 Å². The second-order valence-electron chi connectivity index (χ2n) is 8.50. The third-order valence-corrected chi connectivity index (χ3v) is 5.15. The van der Waals surface area contributed by atoms with E-state index in [4.69, 9.17) is 0 Å². The lowest BCUT2D eigenvalue weighted by Crippen LogP contribution is -2.36. The molecule has 3 rings (SSSR count). The molecule has 154 valence electrons. The number of hydrogen-bond donors (Lipinski definition) is 2. The van der Waals surface area contributed by atoms with Gasteiger partial charge in [0.05, 0.1) is 6.54 Å². The smallest absolute Gasteiger partial charge is 0.251 e. The highest BCUT2D eigenvalue weighted by Gasteiger charge is 2.15. The number of rotatable bonds is 6. The molecule has 0 bridgehead atoms. The van der Waals surface area contributed by atoms with Crippen molar-refractivity contribution in [3.8, 4) is 0 Å². The van der Waals surface area contributed by atoms with E-state index in [1.807, 2.05) is 24.3 Å². The van der Waals surface area contributed by atoms with Crippen LogP contribution in [-0.2, 0) is 16.8 Å². The predicted molar refractivity (Wildman–Crippen MR) is 115 cm³/mol. The highest BCUT2D eigenvalue weighted by atomic mass is 16.2. The molecule has 0 radical (unpaired) electrons. The molecular weight excluding hydrogens is 364 g/mol. The number of benzene rings is 1. The summed E-state index contributed by atoms with van der Waals surface area (Å²) < 4.78 is 0. The predicted octanol–water partition coefficient (Wildman–Crippen LogP) is 3.03. The second-order valence-corrected chi connectivity index (χ2v) is 8.50. The van der Waals surface area contributed by atoms with Gasteiger partial charge in [-0.05, 0) is 53.6 Å². The first kappa shape index (κ1) is 20.8. The van der Waals surface area contributed by atoms with Gasteiger partial charge in [-0.25, -0.2) is 4.98 Å².